The minimum absolute atomic E-state index is 0.107. The Kier molecular flexibility index (Phi) is 7.54. The van der Waals surface area contributed by atoms with Crippen molar-refractivity contribution < 1.29 is 14.4 Å². The van der Waals surface area contributed by atoms with E-state index in [1.165, 1.54) is 6.20 Å². The first-order chi connectivity index (χ1) is 16.6. The second kappa shape index (κ2) is 10.5. The Bertz CT molecular complexity index is 1280. The van der Waals surface area contributed by atoms with Gasteiger partial charge in [-0.15, -0.1) is 0 Å². The summed E-state index contributed by atoms with van der Waals surface area (Å²) in [6, 6.07) is 3.16. The van der Waals surface area contributed by atoms with E-state index in [0.717, 1.165) is 5.82 Å². The SMILES string of the molecule is C=N/C=C\N(C)CC(=O)Nc1cc(C(=O)Nc2cc(C(=O)Nc3cn(C)c(C)n3)n(C)c2)n(C)c1. The fourth-order valence-electron chi connectivity index (χ4n) is 3.35. The highest BCUT2D eigenvalue weighted by Crippen LogP contribution is 2.18. The first-order valence-corrected chi connectivity index (χ1v) is 10.7. The third-order valence-corrected chi connectivity index (χ3v) is 5.19. The van der Waals surface area contributed by atoms with Crippen LogP contribution in [0.3, 0.4) is 0 Å². The lowest BCUT2D eigenvalue weighted by Gasteiger charge is -2.12. The summed E-state index contributed by atoms with van der Waals surface area (Å²) in [7, 11) is 6.99. The Labute approximate surface area is 203 Å². The molecule has 3 aromatic heterocycles. The number of amides is 3. The number of rotatable bonds is 9. The lowest BCUT2D eigenvalue weighted by Crippen LogP contribution is -2.26. The number of aromatic nitrogens is 4. The molecule has 0 bridgehead atoms. The molecule has 0 aliphatic carbocycles. The number of nitrogens with zero attached hydrogens (tertiary/aromatic N) is 6. The van der Waals surface area contributed by atoms with E-state index < -0.39 is 0 Å². The van der Waals surface area contributed by atoms with Gasteiger partial charge in [0.2, 0.25) is 5.91 Å². The lowest BCUT2D eigenvalue weighted by molar-refractivity contribution is -0.116. The molecule has 0 saturated carbocycles. The predicted molar refractivity (Wildman–Crippen MR) is 135 cm³/mol. The number of anilines is 3. The molecule has 0 radical (unpaired) electrons. The van der Waals surface area contributed by atoms with Crippen molar-refractivity contribution in [1.82, 2.24) is 23.6 Å². The van der Waals surface area contributed by atoms with Gasteiger partial charge in [-0.25, -0.2) is 4.98 Å². The number of aliphatic imine (C=N–C) groups is 1. The summed E-state index contributed by atoms with van der Waals surface area (Å²) < 4.78 is 5.03. The van der Waals surface area contributed by atoms with Crippen LogP contribution >= 0.6 is 0 Å². The summed E-state index contributed by atoms with van der Waals surface area (Å²) in [5.41, 5.74) is 1.63. The van der Waals surface area contributed by atoms with Crippen LogP contribution in [0.1, 0.15) is 26.8 Å². The Morgan fingerprint density at radius 2 is 1.54 bits per heavy atom. The van der Waals surface area contributed by atoms with Gasteiger partial charge in [-0.1, -0.05) is 0 Å². The molecule has 12 heteroatoms. The van der Waals surface area contributed by atoms with Crippen molar-refractivity contribution >= 4 is 41.6 Å². The van der Waals surface area contributed by atoms with Crippen molar-refractivity contribution in [2.24, 2.45) is 26.1 Å². The second-order valence-electron chi connectivity index (χ2n) is 8.09. The number of imidazole rings is 1. The van der Waals surface area contributed by atoms with E-state index >= 15 is 0 Å². The third kappa shape index (κ3) is 6.25. The highest BCUT2D eigenvalue weighted by molar-refractivity contribution is 6.07. The minimum Gasteiger partial charge on any atom is -0.370 e. The van der Waals surface area contributed by atoms with Crippen LogP contribution in [-0.4, -0.2) is 61.6 Å². The van der Waals surface area contributed by atoms with Gasteiger partial charge in [0.1, 0.15) is 17.2 Å². The Balaban J connectivity index is 1.64. The Hall–Kier alpha value is -4.61. The van der Waals surface area contributed by atoms with Gasteiger partial charge in [-0.3, -0.25) is 19.4 Å². The average Bonchev–Trinajstić information content (AvgIpc) is 3.42. The Morgan fingerprint density at radius 3 is 2.09 bits per heavy atom. The second-order valence-corrected chi connectivity index (χ2v) is 8.09. The summed E-state index contributed by atoms with van der Waals surface area (Å²) in [6.45, 7) is 5.29. The normalized spacial score (nSPS) is 10.9. The largest absolute Gasteiger partial charge is 0.370 e. The molecule has 184 valence electrons. The van der Waals surface area contributed by atoms with Gasteiger partial charge in [0, 0.05) is 59.2 Å². The number of hydrogen-bond acceptors (Lipinski definition) is 6. The van der Waals surface area contributed by atoms with E-state index in [1.807, 2.05) is 14.0 Å². The van der Waals surface area contributed by atoms with Crippen molar-refractivity contribution in [3.05, 3.63) is 60.3 Å². The molecule has 12 nitrogen and oxygen atoms in total. The van der Waals surface area contributed by atoms with Gasteiger partial charge in [0.15, 0.2) is 5.82 Å². The minimum atomic E-state index is -0.386. The summed E-state index contributed by atoms with van der Waals surface area (Å²) in [6.07, 6.45) is 8.12. The van der Waals surface area contributed by atoms with Crippen molar-refractivity contribution in [3.63, 3.8) is 0 Å². The van der Waals surface area contributed by atoms with Crippen LogP contribution in [0.2, 0.25) is 0 Å². The molecule has 0 aliphatic heterocycles. The number of likely N-dealkylation sites (N-methyl/N-ethyl adjacent to an activating group) is 1. The third-order valence-electron chi connectivity index (χ3n) is 5.19. The van der Waals surface area contributed by atoms with E-state index in [2.05, 4.69) is 32.6 Å². The van der Waals surface area contributed by atoms with E-state index in [1.54, 1.807) is 76.7 Å². The molecular formula is C23H29N9O3. The van der Waals surface area contributed by atoms with Crippen LogP contribution < -0.4 is 16.0 Å². The molecule has 3 amide bonds. The maximum absolute atomic E-state index is 12.9. The quantitative estimate of drug-likeness (QED) is 0.404. The fraction of sp³-hybridized carbons (Fsp3) is 0.261. The van der Waals surface area contributed by atoms with Crippen LogP contribution in [-0.2, 0) is 25.9 Å². The van der Waals surface area contributed by atoms with Crippen LogP contribution in [0.4, 0.5) is 17.2 Å². The van der Waals surface area contributed by atoms with Crippen LogP contribution in [0, 0.1) is 6.92 Å². The van der Waals surface area contributed by atoms with Crippen LogP contribution in [0.25, 0.3) is 0 Å². The first kappa shape index (κ1) is 25.0. The van der Waals surface area contributed by atoms with Crippen molar-refractivity contribution in [3.8, 4) is 0 Å². The van der Waals surface area contributed by atoms with Crippen molar-refractivity contribution in [1.29, 1.82) is 0 Å². The van der Waals surface area contributed by atoms with E-state index in [9.17, 15) is 14.4 Å². The first-order valence-electron chi connectivity index (χ1n) is 10.7. The maximum atomic E-state index is 12.9. The number of carbonyl (C=O) groups is 3. The zero-order valence-electron chi connectivity index (χ0n) is 20.4. The monoisotopic (exact) mass is 479 g/mol. The van der Waals surface area contributed by atoms with Crippen molar-refractivity contribution in [2.45, 2.75) is 6.92 Å². The lowest BCUT2D eigenvalue weighted by atomic mass is 10.3. The van der Waals surface area contributed by atoms with Gasteiger partial charge in [-0.05, 0) is 25.8 Å². The molecule has 0 aliphatic rings. The number of nitrogens with one attached hydrogen (secondary N) is 3. The van der Waals surface area contributed by atoms with Gasteiger partial charge in [-0.2, -0.15) is 0 Å². The average molecular weight is 480 g/mol. The summed E-state index contributed by atoms with van der Waals surface area (Å²) in [5, 5.41) is 8.30. The predicted octanol–water partition coefficient (Wildman–Crippen LogP) is 1.95. The molecule has 0 aromatic carbocycles. The van der Waals surface area contributed by atoms with Gasteiger partial charge >= 0.3 is 0 Å². The molecule has 0 unspecified atom stereocenters. The molecule has 35 heavy (non-hydrogen) atoms. The molecule has 3 heterocycles. The number of aryl methyl sites for hydroxylation is 4. The van der Waals surface area contributed by atoms with Gasteiger partial charge < -0.3 is 34.6 Å². The number of hydrogen-bond donors (Lipinski definition) is 3. The summed E-state index contributed by atoms with van der Waals surface area (Å²) >= 11 is 0. The Morgan fingerprint density at radius 1 is 0.971 bits per heavy atom. The fourth-order valence-corrected chi connectivity index (χ4v) is 3.35. The molecule has 3 N–H and O–H groups in total. The van der Waals surface area contributed by atoms with E-state index in [0.29, 0.717) is 28.6 Å². The molecule has 0 spiro atoms. The van der Waals surface area contributed by atoms with Crippen LogP contribution in [0.15, 0.2) is 48.1 Å². The highest BCUT2D eigenvalue weighted by Gasteiger charge is 2.18. The molecule has 3 aromatic rings. The van der Waals surface area contributed by atoms with Gasteiger partial charge in [0.25, 0.3) is 11.8 Å². The molecule has 3 rings (SSSR count). The summed E-state index contributed by atoms with van der Waals surface area (Å²) in [5.74, 6) is 0.231. The van der Waals surface area contributed by atoms with Crippen LogP contribution in [0.5, 0.6) is 0 Å². The van der Waals surface area contributed by atoms with E-state index in [-0.39, 0.29) is 24.3 Å². The maximum Gasteiger partial charge on any atom is 0.273 e. The molecular weight excluding hydrogens is 450 g/mol. The zero-order chi connectivity index (χ0) is 25.7. The highest BCUT2D eigenvalue weighted by atomic mass is 16.2. The van der Waals surface area contributed by atoms with E-state index in [4.69, 9.17) is 0 Å². The molecule has 0 atom stereocenters. The zero-order valence-corrected chi connectivity index (χ0v) is 20.4. The number of carbonyl (C=O) groups excluding carboxylic acids is 3. The van der Waals surface area contributed by atoms with Crippen molar-refractivity contribution in [2.75, 3.05) is 29.5 Å². The standard InChI is InChI=1S/C23H29N9O3/c1-15-25-20(13-30(15)4)28-23(35)19-10-17(12-32(19)6)27-22(34)18-9-16(11-31(18)5)26-21(33)14-29(3)8-7-24-2/h7-13H,2,14H2,1,3-6H3,(H,26,33)(H,27,34)(H,28,35)/b8-7-. The molecule has 0 saturated heterocycles. The topological polar surface area (TPSA) is 131 Å². The smallest absolute Gasteiger partial charge is 0.273 e. The van der Waals surface area contributed by atoms with Gasteiger partial charge in [0.05, 0.1) is 17.9 Å². The summed E-state index contributed by atoms with van der Waals surface area (Å²) in [4.78, 5) is 47.3. The molecule has 0 fully saturated rings.